The number of fused-ring (bicyclic) bond motifs is 2. The van der Waals surface area contributed by atoms with E-state index in [-0.39, 0.29) is 35.3 Å². The molecule has 2 aliphatic rings. The van der Waals surface area contributed by atoms with Crippen LogP contribution in [0.25, 0.3) is 0 Å². The number of aryl methyl sites for hydroxylation is 1. The SMILES string of the molecule is Cc1cc(F)cc(C(=O)N2CCC3CCC(C2)N3)c1[N+](=O)[O-].Cl. The second kappa shape index (κ2) is 6.80. The highest BCUT2D eigenvalue weighted by Crippen LogP contribution is 2.28. The number of nitro benzene ring substituents is 1. The largest absolute Gasteiger partial charge is 0.337 e. The molecule has 1 amide bonds. The molecule has 0 spiro atoms. The molecule has 0 aliphatic carbocycles. The Bertz CT molecular complexity index is 641. The lowest BCUT2D eigenvalue weighted by Gasteiger charge is -2.24. The highest BCUT2D eigenvalue weighted by Gasteiger charge is 2.34. The van der Waals surface area contributed by atoms with Crippen LogP contribution in [0.5, 0.6) is 0 Å². The molecule has 1 aromatic carbocycles. The van der Waals surface area contributed by atoms with E-state index in [0.717, 1.165) is 31.4 Å². The first-order valence-electron chi connectivity index (χ1n) is 7.45. The highest BCUT2D eigenvalue weighted by molar-refractivity contribution is 5.98. The smallest absolute Gasteiger partial charge is 0.285 e. The summed E-state index contributed by atoms with van der Waals surface area (Å²) in [6, 6.07) is 2.70. The summed E-state index contributed by atoms with van der Waals surface area (Å²) in [5.74, 6) is -1.08. The third-order valence-electron chi connectivity index (χ3n) is 4.49. The van der Waals surface area contributed by atoms with Crippen molar-refractivity contribution < 1.29 is 14.1 Å². The van der Waals surface area contributed by atoms with Crippen LogP contribution < -0.4 is 5.32 Å². The molecule has 1 aromatic rings. The maximum absolute atomic E-state index is 13.6. The summed E-state index contributed by atoms with van der Waals surface area (Å²) in [6.07, 6.45) is 2.93. The molecule has 0 aromatic heterocycles. The molecule has 2 saturated heterocycles. The quantitative estimate of drug-likeness (QED) is 0.661. The number of hydrogen-bond donors (Lipinski definition) is 1. The number of carbonyl (C=O) groups is 1. The Balaban J connectivity index is 0.00000192. The molecule has 2 aliphatic heterocycles. The Morgan fingerprint density at radius 1 is 1.35 bits per heavy atom. The molecule has 2 heterocycles. The van der Waals surface area contributed by atoms with Crippen LogP contribution in [0.1, 0.15) is 35.2 Å². The lowest BCUT2D eigenvalue weighted by Crippen LogP contribution is -2.39. The van der Waals surface area contributed by atoms with E-state index in [1.807, 2.05) is 0 Å². The lowest BCUT2D eigenvalue weighted by molar-refractivity contribution is -0.385. The van der Waals surface area contributed by atoms with Crippen molar-refractivity contribution in [2.75, 3.05) is 13.1 Å². The predicted molar refractivity (Wildman–Crippen MR) is 85.5 cm³/mol. The summed E-state index contributed by atoms with van der Waals surface area (Å²) in [6.45, 7) is 2.51. The summed E-state index contributed by atoms with van der Waals surface area (Å²) < 4.78 is 13.6. The number of carbonyl (C=O) groups excluding carboxylic acids is 1. The summed E-state index contributed by atoms with van der Waals surface area (Å²) in [5.41, 5.74) is -0.281. The van der Waals surface area contributed by atoms with Crippen LogP contribution in [0.4, 0.5) is 10.1 Å². The first kappa shape index (κ1) is 17.6. The first-order chi connectivity index (χ1) is 10.5. The Kier molecular flexibility index (Phi) is 5.21. The molecule has 8 heteroatoms. The fourth-order valence-corrected chi connectivity index (χ4v) is 3.44. The number of hydrogen-bond acceptors (Lipinski definition) is 4. The van der Waals surface area contributed by atoms with E-state index in [0.29, 0.717) is 19.1 Å². The fraction of sp³-hybridized carbons (Fsp3) is 0.533. The maximum Gasteiger partial charge on any atom is 0.285 e. The van der Waals surface area contributed by atoms with E-state index in [4.69, 9.17) is 0 Å². The van der Waals surface area contributed by atoms with Crippen LogP contribution in [0.3, 0.4) is 0 Å². The van der Waals surface area contributed by atoms with E-state index in [1.54, 1.807) is 4.90 Å². The van der Waals surface area contributed by atoms with E-state index >= 15 is 0 Å². The maximum atomic E-state index is 13.6. The predicted octanol–water partition coefficient (Wildman–Crippen LogP) is 2.43. The fourth-order valence-electron chi connectivity index (χ4n) is 3.44. The number of halogens is 2. The molecular formula is C15H19ClFN3O3. The number of benzene rings is 1. The van der Waals surface area contributed by atoms with Gasteiger partial charge in [0, 0.05) is 30.7 Å². The van der Waals surface area contributed by atoms with Crippen LogP contribution in [-0.4, -0.2) is 40.9 Å². The molecule has 2 fully saturated rings. The number of nitrogens with zero attached hydrogens (tertiary/aromatic N) is 2. The van der Waals surface area contributed by atoms with Crippen molar-refractivity contribution in [1.29, 1.82) is 0 Å². The number of likely N-dealkylation sites (tertiary alicyclic amines) is 1. The van der Waals surface area contributed by atoms with Gasteiger partial charge in [-0.25, -0.2) is 4.39 Å². The van der Waals surface area contributed by atoms with Crippen molar-refractivity contribution in [1.82, 2.24) is 10.2 Å². The molecule has 2 bridgehead atoms. The van der Waals surface area contributed by atoms with Crippen LogP contribution in [0.2, 0.25) is 0 Å². The molecular weight excluding hydrogens is 325 g/mol. The Morgan fingerprint density at radius 2 is 2.04 bits per heavy atom. The van der Waals surface area contributed by atoms with Gasteiger partial charge in [-0.05, 0) is 38.3 Å². The summed E-state index contributed by atoms with van der Waals surface area (Å²) in [7, 11) is 0. The minimum absolute atomic E-state index is 0. The van der Waals surface area contributed by atoms with Gasteiger partial charge in [-0.1, -0.05) is 0 Å². The zero-order valence-corrected chi connectivity index (χ0v) is 13.6. The van der Waals surface area contributed by atoms with Crippen LogP contribution in [-0.2, 0) is 0 Å². The van der Waals surface area contributed by atoms with Gasteiger partial charge in [-0.2, -0.15) is 0 Å². The monoisotopic (exact) mass is 343 g/mol. The van der Waals surface area contributed by atoms with Crippen LogP contribution in [0, 0.1) is 22.9 Å². The molecule has 23 heavy (non-hydrogen) atoms. The van der Waals surface area contributed by atoms with E-state index in [2.05, 4.69) is 5.32 Å². The van der Waals surface area contributed by atoms with Gasteiger partial charge in [0.1, 0.15) is 11.4 Å². The molecule has 0 radical (unpaired) electrons. The van der Waals surface area contributed by atoms with Crippen molar-refractivity contribution in [3.8, 4) is 0 Å². The third kappa shape index (κ3) is 3.45. The average Bonchev–Trinajstić information content (AvgIpc) is 2.76. The second-order valence-electron chi connectivity index (χ2n) is 6.05. The highest BCUT2D eigenvalue weighted by atomic mass is 35.5. The van der Waals surface area contributed by atoms with Gasteiger partial charge in [-0.15, -0.1) is 12.4 Å². The third-order valence-corrected chi connectivity index (χ3v) is 4.49. The standard InChI is InChI=1S/C15H18FN3O3.ClH/c1-9-6-10(16)7-13(14(9)19(21)22)15(20)18-5-4-11-2-3-12(8-18)17-11;/h6-7,11-12,17H,2-5,8H2,1H3;1H. The molecule has 0 saturated carbocycles. The zero-order valence-electron chi connectivity index (χ0n) is 12.8. The number of nitrogens with one attached hydrogen (secondary N) is 1. The normalized spacial score (nSPS) is 23.1. The van der Waals surface area contributed by atoms with Crippen molar-refractivity contribution in [2.24, 2.45) is 0 Å². The van der Waals surface area contributed by atoms with Gasteiger partial charge in [0.2, 0.25) is 0 Å². The number of amides is 1. The molecule has 126 valence electrons. The van der Waals surface area contributed by atoms with E-state index in [1.165, 1.54) is 6.92 Å². The first-order valence-corrected chi connectivity index (χ1v) is 7.45. The molecule has 1 N–H and O–H groups in total. The summed E-state index contributed by atoms with van der Waals surface area (Å²) >= 11 is 0. The van der Waals surface area contributed by atoms with Crippen LogP contribution in [0.15, 0.2) is 12.1 Å². The Morgan fingerprint density at radius 3 is 2.74 bits per heavy atom. The van der Waals surface area contributed by atoms with Gasteiger partial charge >= 0.3 is 0 Å². The molecule has 6 nitrogen and oxygen atoms in total. The van der Waals surface area contributed by atoms with Gasteiger partial charge in [-0.3, -0.25) is 14.9 Å². The minimum atomic E-state index is -0.624. The second-order valence-corrected chi connectivity index (χ2v) is 6.05. The lowest BCUT2D eigenvalue weighted by atomic mass is 10.0. The molecule has 3 rings (SSSR count). The van der Waals surface area contributed by atoms with Crippen LogP contribution >= 0.6 is 12.4 Å². The van der Waals surface area contributed by atoms with Gasteiger partial charge in [0.15, 0.2) is 0 Å². The van der Waals surface area contributed by atoms with Crippen molar-refractivity contribution in [2.45, 2.75) is 38.3 Å². The van der Waals surface area contributed by atoms with Crippen molar-refractivity contribution >= 4 is 24.0 Å². The van der Waals surface area contributed by atoms with Crippen molar-refractivity contribution in [3.63, 3.8) is 0 Å². The summed E-state index contributed by atoms with van der Waals surface area (Å²) in [5, 5.41) is 14.7. The Labute approximate surface area is 139 Å². The minimum Gasteiger partial charge on any atom is -0.337 e. The van der Waals surface area contributed by atoms with Gasteiger partial charge in [0.05, 0.1) is 4.92 Å². The van der Waals surface area contributed by atoms with E-state index in [9.17, 15) is 19.3 Å². The number of rotatable bonds is 2. The summed E-state index contributed by atoms with van der Waals surface area (Å²) in [4.78, 5) is 24.9. The van der Waals surface area contributed by atoms with E-state index < -0.39 is 16.6 Å². The average molecular weight is 344 g/mol. The van der Waals surface area contributed by atoms with Gasteiger partial charge in [0.25, 0.3) is 11.6 Å². The van der Waals surface area contributed by atoms with Crippen molar-refractivity contribution in [3.05, 3.63) is 39.2 Å². The molecule has 2 atom stereocenters. The Hall–Kier alpha value is -1.73. The zero-order chi connectivity index (χ0) is 15.9. The van der Waals surface area contributed by atoms with Gasteiger partial charge < -0.3 is 10.2 Å². The number of nitro groups is 1. The topological polar surface area (TPSA) is 75.5 Å². The molecule has 2 unspecified atom stereocenters.